The van der Waals surface area contributed by atoms with E-state index in [-0.39, 0.29) is 0 Å². The summed E-state index contributed by atoms with van der Waals surface area (Å²) in [5, 5.41) is 9.32. The lowest BCUT2D eigenvalue weighted by Gasteiger charge is -2.06. The Hall–Kier alpha value is -3.85. The highest BCUT2D eigenvalue weighted by Gasteiger charge is 2.23. The number of ether oxygens (including phenoxy) is 1. The Morgan fingerprint density at radius 3 is 2.59 bits per heavy atom. The third-order valence-corrected chi connectivity index (χ3v) is 5.53. The van der Waals surface area contributed by atoms with Gasteiger partial charge in [0.15, 0.2) is 17.0 Å². The summed E-state index contributed by atoms with van der Waals surface area (Å²) in [6, 6.07) is 14.8. The molecule has 0 unspecified atom stereocenters. The van der Waals surface area contributed by atoms with Crippen molar-refractivity contribution in [3.8, 4) is 17.1 Å². The Morgan fingerprint density at radius 2 is 1.88 bits per heavy atom. The Labute approximate surface area is 186 Å². The smallest absolute Gasteiger partial charge is 0.329 e. The maximum absolute atomic E-state index is 12.9. The van der Waals surface area contributed by atoms with Crippen LogP contribution >= 0.6 is 11.6 Å². The summed E-state index contributed by atoms with van der Waals surface area (Å²) >= 11 is 6.15. The van der Waals surface area contributed by atoms with E-state index in [9.17, 15) is 9.59 Å². The van der Waals surface area contributed by atoms with E-state index in [2.05, 4.69) is 15.2 Å². The molecular weight excluding hydrogens is 432 g/mol. The SMILES string of the molecule is CCOc1ccc(-c2nnc3n(Cc4cccc(Cl)c4)c4c(=O)[nH]c(=O)n(C)c4n23)cc1. The van der Waals surface area contributed by atoms with Crippen molar-refractivity contribution in [1.29, 1.82) is 0 Å². The van der Waals surface area contributed by atoms with Crippen LogP contribution < -0.4 is 16.0 Å². The zero-order valence-corrected chi connectivity index (χ0v) is 18.1. The number of fused-ring (bicyclic) bond motifs is 3. The third kappa shape index (κ3) is 3.18. The fourth-order valence-corrected chi connectivity index (χ4v) is 4.08. The molecule has 0 aliphatic carbocycles. The lowest BCUT2D eigenvalue weighted by atomic mass is 10.2. The number of benzene rings is 2. The van der Waals surface area contributed by atoms with E-state index < -0.39 is 11.2 Å². The first-order chi connectivity index (χ1) is 15.5. The van der Waals surface area contributed by atoms with E-state index in [1.807, 2.05) is 49.4 Å². The highest BCUT2D eigenvalue weighted by molar-refractivity contribution is 6.30. The van der Waals surface area contributed by atoms with Crippen LogP contribution in [0.15, 0.2) is 58.1 Å². The van der Waals surface area contributed by atoms with E-state index >= 15 is 0 Å². The summed E-state index contributed by atoms with van der Waals surface area (Å²) in [5.41, 5.74) is 1.38. The fraction of sp³-hybridized carbons (Fsp3) is 0.182. The van der Waals surface area contributed by atoms with E-state index in [1.165, 1.54) is 4.57 Å². The van der Waals surface area contributed by atoms with Crippen molar-refractivity contribution in [2.45, 2.75) is 13.5 Å². The number of H-pyrrole nitrogens is 1. The number of imidazole rings is 1. The van der Waals surface area contributed by atoms with Gasteiger partial charge in [0.05, 0.1) is 13.2 Å². The molecule has 0 radical (unpaired) electrons. The van der Waals surface area contributed by atoms with Crippen molar-refractivity contribution in [1.82, 2.24) is 28.7 Å². The largest absolute Gasteiger partial charge is 0.494 e. The molecule has 0 saturated carbocycles. The quantitative estimate of drug-likeness (QED) is 0.444. The lowest BCUT2D eigenvalue weighted by molar-refractivity contribution is 0.340. The second-order valence-electron chi connectivity index (χ2n) is 7.32. The fourth-order valence-electron chi connectivity index (χ4n) is 3.86. The van der Waals surface area contributed by atoms with Crippen LogP contribution in [-0.4, -0.2) is 35.3 Å². The summed E-state index contributed by atoms with van der Waals surface area (Å²) in [5.74, 6) is 1.69. The van der Waals surface area contributed by atoms with E-state index in [1.54, 1.807) is 22.1 Å². The maximum atomic E-state index is 12.9. The van der Waals surface area contributed by atoms with Crippen molar-refractivity contribution < 1.29 is 4.74 Å². The predicted octanol–water partition coefficient (Wildman–Crippen LogP) is 2.84. The molecule has 0 atom stereocenters. The van der Waals surface area contributed by atoms with Crippen molar-refractivity contribution in [2.24, 2.45) is 7.05 Å². The molecule has 9 nitrogen and oxygen atoms in total. The molecule has 0 aliphatic rings. The standard InChI is InChI=1S/C22H19ClN6O3/c1-3-32-16-9-7-14(8-10-16)18-25-26-21-28(12-13-5-4-6-15(23)11-13)17-19(30)24-22(31)27(2)20(17)29(18)21/h4-11H,3,12H2,1-2H3,(H,24,30,31). The summed E-state index contributed by atoms with van der Waals surface area (Å²) in [6.07, 6.45) is 0. The first-order valence-electron chi connectivity index (χ1n) is 10.0. The highest BCUT2D eigenvalue weighted by Crippen LogP contribution is 2.26. The number of nitrogens with one attached hydrogen (secondary N) is 1. The minimum absolute atomic E-state index is 0.323. The topological polar surface area (TPSA) is 99.2 Å². The Balaban J connectivity index is 1.80. The van der Waals surface area contributed by atoms with Crippen LogP contribution in [0, 0.1) is 0 Å². The van der Waals surface area contributed by atoms with Gasteiger partial charge in [-0.2, -0.15) is 0 Å². The zero-order valence-electron chi connectivity index (χ0n) is 17.4. The number of hydrogen-bond acceptors (Lipinski definition) is 5. The lowest BCUT2D eigenvalue weighted by Crippen LogP contribution is -2.29. The van der Waals surface area contributed by atoms with Crippen LogP contribution in [0.4, 0.5) is 0 Å². The van der Waals surface area contributed by atoms with Gasteiger partial charge in [-0.1, -0.05) is 23.7 Å². The van der Waals surface area contributed by atoms with Crippen molar-refractivity contribution in [3.63, 3.8) is 0 Å². The summed E-state index contributed by atoms with van der Waals surface area (Å²) in [7, 11) is 1.60. The zero-order chi connectivity index (χ0) is 22.4. The first kappa shape index (κ1) is 20.1. The van der Waals surface area contributed by atoms with Crippen LogP contribution in [-0.2, 0) is 13.6 Å². The monoisotopic (exact) mass is 450 g/mol. The number of aromatic amines is 1. The molecule has 5 rings (SSSR count). The number of aromatic nitrogens is 6. The minimum atomic E-state index is -0.518. The molecular formula is C22H19ClN6O3. The molecule has 0 saturated heterocycles. The van der Waals surface area contributed by atoms with Gasteiger partial charge in [-0.05, 0) is 48.9 Å². The van der Waals surface area contributed by atoms with Gasteiger partial charge in [0, 0.05) is 17.6 Å². The normalized spacial score (nSPS) is 11.5. The van der Waals surface area contributed by atoms with Crippen LogP contribution in [0.25, 0.3) is 28.3 Å². The molecule has 5 aromatic rings. The summed E-state index contributed by atoms with van der Waals surface area (Å²) in [4.78, 5) is 27.7. The number of aryl methyl sites for hydroxylation is 1. The van der Waals surface area contributed by atoms with Crippen LogP contribution in [0.5, 0.6) is 5.75 Å². The van der Waals surface area contributed by atoms with Crippen molar-refractivity contribution >= 4 is 28.5 Å². The van der Waals surface area contributed by atoms with Gasteiger partial charge in [0.25, 0.3) is 5.56 Å². The predicted molar refractivity (Wildman–Crippen MR) is 122 cm³/mol. The molecule has 2 aromatic carbocycles. The average molecular weight is 451 g/mol. The van der Waals surface area contributed by atoms with Crippen LogP contribution in [0.3, 0.4) is 0 Å². The molecule has 0 bridgehead atoms. The van der Waals surface area contributed by atoms with E-state index in [0.29, 0.717) is 40.9 Å². The van der Waals surface area contributed by atoms with Gasteiger partial charge in [-0.25, -0.2) is 9.20 Å². The molecule has 1 N–H and O–H groups in total. The van der Waals surface area contributed by atoms with Crippen LogP contribution in [0.1, 0.15) is 12.5 Å². The van der Waals surface area contributed by atoms with Gasteiger partial charge in [0.2, 0.25) is 5.78 Å². The number of nitrogens with zero attached hydrogens (tertiary/aromatic N) is 5. The van der Waals surface area contributed by atoms with E-state index in [0.717, 1.165) is 16.9 Å². The van der Waals surface area contributed by atoms with Crippen molar-refractivity contribution in [2.75, 3.05) is 6.61 Å². The average Bonchev–Trinajstić information content (AvgIpc) is 3.32. The number of halogens is 1. The molecule has 162 valence electrons. The third-order valence-electron chi connectivity index (χ3n) is 5.29. The Bertz CT molecular complexity index is 1580. The number of hydrogen-bond donors (Lipinski definition) is 1. The van der Waals surface area contributed by atoms with Crippen LogP contribution in [0.2, 0.25) is 5.02 Å². The van der Waals surface area contributed by atoms with Crippen molar-refractivity contribution in [3.05, 3.63) is 80.0 Å². The number of rotatable bonds is 5. The van der Waals surface area contributed by atoms with Gasteiger partial charge in [0.1, 0.15) is 5.75 Å². The molecule has 0 spiro atoms. The molecule has 3 aromatic heterocycles. The Kier molecular flexibility index (Phi) is 4.82. The summed E-state index contributed by atoms with van der Waals surface area (Å²) < 4.78 is 10.4. The highest BCUT2D eigenvalue weighted by atomic mass is 35.5. The maximum Gasteiger partial charge on any atom is 0.329 e. The van der Waals surface area contributed by atoms with Gasteiger partial charge in [-0.3, -0.25) is 18.9 Å². The molecule has 0 fully saturated rings. The minimum Gasteiger partial charge on any atom is -0.494 e. The van der Waals surface area contributed by atoms with E-state index in [4.69, 9.17) is 16.3 Å². The summed E-state index contributed by atoms with van der Waals surface area (Å²) in [6.45, 7) is 2.81. The second-order valence-corrected chi connectivity index (χ2v) is 7.76. The second kappa shape index (κ2) is 7.69. The molecule has 32 heavy (non-hydrogen) atoms. The van der Waals surface area contributed by atoms with Gasteiger partial charge < -0.3 is 4.74 Å². The Morgan fingerprint density at radius 1 is 1.09 bits per heavy atom. The molecule has 0 amide bonds. The molecule has 10 heteroatoms. The molecule has 0 aliphatic heterocycles. The first-order valence-corrected chi connectivity index (χ1v) is 10.4. The van der Waals surface area contributed by atoms with Gasteiger partial charge in [-0.15, -0.1) is 10.2 Å². The molecule has 3 heterocycles. The van der Waals surface area contributed by atoms with Gasteiger partial charge >= 0.3 is 5.69 Å².